The van der Waals surface area contributed by atoms with Gasteiger partial charge in [-0.15, -0.1) is 0 Å². The highest BCUT2D eigenvalue weighted by molar-refractivity contribution is 9.10. The smallest absolute Gasteiger partial charge is 0.258 e. The van der Waals surface area contributed by atoms with E-state index < -0.39 is 10.0 Å². The minimum Gasteiger partial charge on any atom is -0.303 e. The summed E-state index contributed by atoms with van der Waals surface area (Å²) in [6.45, 7) is 3.69. The normalized spacial score (nSPS) is 16.9. The monoisotopic (exact) mass is 347 g/mol. The molecule has 1 aromatic heterocycles. The molecule has 0 saturated carbocycles. The molecule has 0 aromatic carbocycles. The van der Waals surface area contributed by atoms with Crippen molar-refractivity contribution in [2.75, 3.05) is 26.2 Å². The van der Waals surface area contributed by atoms with E-state index in [1.165, 1.54) is 25.1 Å². The van der Waals surface area contributed by atoms with Crippen molar-refractivity contribution in [2.45, 2.75) is 24.3 Å². The largest absolute Gasteiger partial charge is 0.303 e. The Hall–Kier alpha value is -0.500. The van der Waals surface area contributed by atoms with Gasteiger partial charge in [-0.05, 0) is 67.0 Å². The molecule has 19 heavy (non-hydrogen) atoms. The van der Waals surface area contributed by atoms with Gasteiger partial charge in [0.2, 0.25) is 0 Å². The number of nitrogens with one attached hydrogen (secondary N) is 1. The van der Waals surface area contributed by atoms with Gasteiger partial charge < -0.3 is 4.90 Å². The van der Waals surface area contributed by atoms with Gasteiger partial charge in [-0.1, -0.05) is 0 Å². The number of hydrogen-bond acceptors (Lipinski definition) is 4. The Morgan fingerprint density at radius 1 is 1.32 bits per heavy atom. The summed E-state index contributed by atoms with van der Waals surface area (Å²) in [6, 6.07) is 3.17. The van der Waals surface area contributed by atoms with Crippen LogP contribution in [-0.2, 0) is 10.0 Å². The lowest BCUT2D eigenvalue weighted by Gasteiger charge is -2.14. The molecule has 5 nitrogen and oxygen atoms in total. The van der Waals surface area contributed by atoms with Crippen LogP contribution in [0, 0.1) is 0 Å². The summed E-state index contributed by atoms with van der Waals surface area (Å²) in [5, 5.41) is 0.0665. The number of hydrogen-bond donors (Lipinski definition) is 1. The molecule has 1 N–H and O–H groups in total. The Morgan fingerprint density at radius 2 is 2.05 bits per heavy atom. The van der Waals surface area contributed by atoms with E-state index >= 15 is 0 Å². The zero-order valence-corrected chi connectivity index (χ0v) is 13.1. The van der Waals surface area contributed by atoms with Crippen LogP contribution in [0.1, 0.15) is 19.3 Å². The number of halogens is 1. The topological polar surface area (TPSA) is 62.3 Å². The number of sulfonamides is 1. The zero-order valence-electron chi connectivity index (χ0n) is 10.7. The van der Waals surface area contributed by atoms with E-state index in [2.05, 4.69) is 30.5 Å². The number of pyridine rings is 1. The van der Waals surface area contributed by atoms with Gasteiger partial charge in [-0.3, -0.25) is 0 Å². The van der Waals surface area contributed by atoms with Crippen LogP contribution >= 0.6 is 15.9 Å². The quantitative estimate of drug-likeness (QED) is 0.794. The molecule has 2 heterocycles. The minimum atomic E-state index is -3.47. The molecule has 0 unspecified atom stereocenters. The van der Waals surface area contributed by atoms with Gasteiger partial charge in [-0.2, -0.15) is 0 Å². The number of rotatable bonds is 6. The fraction of sp³-hybridized carbons (Fsp3) is 0.583. The van der Waals surface area contributed by atoms with Crippen LogP contribution in [0.3, 0.4) is 0 Å². The van der Waals surface area contributed by atoms with Crippen LogP contribution in [0.15, 0.2) is 27.8 Å². The SMILES string of the molecule is O=S(=O)(NCCCN1CCCC1)c1ccc(Br)cn1. The lowest BCUT2D eigenvalue weighted by molar-refractivity contribution is 0.334. The Labute approximate surface area is 122 Å². The van der Waals surface area contributed by atoms with Crippen molar-refractivity contribution in [3.05, 3.63) is 22.8 Å². The van der Waals surface area contributed by atoms with E-state index in [0.29, 0.717) is 6.54 Å². The van der Waals surface area contributed by atoms with Crippen LogP contribution in [0.5, 0.6) is 0 Å². The van der Waals surface area contributed by atoms with Gasteiger partial charge in [-0.25, -0.2) is 18.1 Å². The average molecular weight is 348 g/mol. The van der Waals surface area contributed by atoms with E-state index in [1.807, 2.05) is 0 Å². The molecule has 1 fully saturated rings. The molecule has 106 valence electrons. The molecule has 0 radical (unpaired) electrons. The maximum absolute atomic E-state index is 11.9. The van der Waals surface area contributed by atoms with E-state index in [-0.39, 0.29) is 5.03 Å². The van der Waals surface area contributed by atoms with E-state index in [9.17, 15) is 8.42 Å². The fourth-order valence-corrected chi connectivity index (χ4v) is 3.34. The molecule has 0 bridgehead atoms. The highest BCUT2D eigenvalue weighted by Gasteiger charge is 2.15. The molecule has 0 aliphatic carbocycles. The van der Waals surface area contributed by atoms with Gasteiger partial charge in [0, 0.05) is 17.2 Å². The van der Waals surface area contributed by atoms with Crippen LogP contribution in [-0.4, -0.2) is 44.5 Å². The number of nitrogens with zero attached hydrogens (tertiary/aromatic N) is 2. The molecule has 2 rings (SSSR count). The molecule has 0 spiro atoms. The third-order valence-electron chi connectivity index (χ3n) is 3.12. The highest BCUT2D eigenvalue weighted by atomic mass is 79.9. The maximum atomic E-state index is 11.9. The second kappa shape index (κ2) is 6.78. The van der Waals surface area contributed by atoms with Crippen LogP contribution in [0.4, 0.5) is 0 Å². The van der Waals surface area contributed by atoms with E-state index in [1.54, 1.807) is 6.07 Å². The lowest BCUT2D eigenvalue weighted by atomic mass is 10.4. The van der Waals surface area contributed by atoms with Crippen molar-refractivity contribution in [1.82, 2.24) is 14.6 Å². The van der Waals surface area contributed by atoms with Crippen molar-refractivity contribution in [2.24, 2.45) is 0 Å². The van der Waals surface area contributed by atoms with Crippen molar-refractivity contribution >= 4 is 26.0 Å². The predicted octanol–water partition coefficient (Wildman–Crippen LogP) is 1.61. The molecule has 1 aliphatic heterocycles. The Morgan fingerprint density at radius 3 is 2.68 bits per heavy atom. The lowest BCUT2D eigenvalue weighted by Crippen LogP contribution is -2.29. The molecular formula is C12H18BrN3O2S. The summed E-state index contributed by atoms with van der Waals surface area (Å²) in [7, 11) is -3.47. The van der Waals surface area contributed by atoms with Crippen LogP contribution in [0.25, 0.3) is 0 Å². The maximum Gasteiger partial charge on any atom is 0.258 e. The van der Waals surface area contributed by atoms with Crippen molar-refractivity contribution in [3.8, 4) is 0 Å². The molecule has 7 heteroatoms. The predicted molar refractivity (Wildman–Crippen MR) is 77.4 cm³/mol. The molecular weight excluding hydrogens is 330 g/mol. The standard InChI is InChI=1S/C12H18BrN3O2S/c13-11-4-5-12(14-10-11)19(17,18)15-6-3-9-16-7-1-2-8-16/h4-5,10,15H,1-3,6-9H2. The molecule has 0 atom stereocenters. The first-order valence-corrected chi connectivity index (χ1v) is 8.69. The summed E-state index contributed by atoms with van der Waals surface area (Å²) >= 11 is 3.23. The second-order valence-electron chi connectivity index (χ2n) is 4.61. The van der Waals surface area contributed by atoms with Gasteiger partial charge in [0.05, 0.1) is 0 Å². The third-order valence-corrected chi connectivity index (χ3v) is 4.96. The van der Waals surface area contributed by atoms with Crippen molar-refractivity contribution < 1.29 is 8.42 Å². The van der Waals surface area contributed by atoms with Gasteiger partial charge >= 0.3 is 0 Å². The highest BCUT2D eigenvalue weighted by Crippen LogP contribution is 2.11. The number of aromatic nitrogens is 1. The van der Waals surface area contributed by atoms with Crippen LogP contribution in [0.2, 0.25) is 0 Å². The van der Waals surface area contributed by atoms with Crippen molar-refractivity contribution in [1.29, 1.82) is 0 Å². The fourth-order valence-electron chi connectivity index (χ4n) is 2.11. The molecule has 0 amide bonds. The summed E-state index contributed by atoms with van der Waals surface area (Å²) < 4.78 is 27.2. The minimum absolute atomic E-state index is 0.0665. The third kappa shape index (κ3) is 4.52. The first-order valence-electron chi connectivity index (χ1n) is 6.41. The van der Waals surface area contributed by atoms with Crippen LogP contribution < -0.4 is 4.72 Å². The Bertz CT molecular complexity index is 498. The summed E-state index contributed by atoms with van der Waals surface area (Å²) in [4.78, 5) is 6.27. The second-order valence-corrected chi connectivity index (χ2v) is 7.24. The summed E-state index contributed by atoms with van der Waals surface area (Å²) in [6.07, 6.45) is 4.83. The summed E-state index contributed by atoms with van der Waals surface area (Å²) in [5.41, 5.74) is 0. The first kappa shape index (κ1) is 14.9. The van der Waals surface area contributed by atoms with Crippen molar-refractivity contribution in [3.63, 3.8) is 0 Å². The Balaban J connectivity index is 1.79. The number of likely N-dealkylation sites (tertiary alicyclic amines) is 1. The first-order chi connectivity index (χ1) is 9.08. The molecule has 1 aliphatic rings. The van der Waals surface area contributed by atoms with E-state index in [4.69, 9.17) is 0 Å². The summed E-state index contributed by atoms with van der Waals surface area (Å²) in [5.74, 6) is 0. The Kier molecular flexibility index (Phi) is 5.32. The van der Waals surface area contributed by atoms with Gasteiger partial charge in [0.15, 0.2) is 5.03 Å². The average Bonchev–Trinajstić information content (AvgIpc) is 2.88. The van der Waals surface area contributed by atoms with Gasteiger partial charge in [0.1, 0.15) is 0 Å². The zero-order chi connectivity index (χ0) is 13.7. The van der Waals surface area contributed by atoms with Gasteiger partial charge in [0.25, 0.3) is 10.0 Å². The molecule has 1 saturated heterocycles. The van der Waals surface area contributed by atoms with E-state index in [0.717, 1.165) is 30.5 Å². The molecule has 1 aromatic rings.